The number of carbonyl (C=O) groups is 1. The molecular formula is C24H25N3O3. The SMILES string of the molecule is COc1cc(C(=O)N/N=C\c2ccc(Nc3ccccc3)cc2)ccc1OC(C)C. The summed E-state index contributed by atoms with van der Waals surface area (Å²) in [6.45, 7) is 3.86. The summed E-state index contributed by atoms with van der Waals surface area (Å²) in [6, 6.07) is 22.7. The molecule has 0 unspecified atom stereocenters. The number of para-hydroxylation sites is 1. The van der Waals surface area contributed by atoms with Gasteiger partial charge in [0.1, 0.15) is 0 Å². The third-order valence-corrected chi connectivity index (χ3v) is 4.14. The van der Waals surface area contributed by atoms with Crippen LogP contribution >= 0.6 is 0 Å². The largest absolute Gasteiger partial charge is 0.493 e. The lowest BCUT2D eigenvalue weighted by Gasteiger charge is -2.14. The average molecular weight is 403 g/mol. The van der Waals surface area contributed by atoms with Crippen LogP contribution in [0.3, 0.4) is 0 Å². The van der Waals surface area contributed by atoms with Gasteiger partial charge in [-0.2, -0.15) is 5.10 Å². The van der Waals surface area contributed by atoms with Crippen molar-refractivity contribution < 1.29 is 14.3 Å². The van der Waals surface area contributed by atoms with E-state index in [1.807, 2.05) is 68.4 Å². The fraction of sp³-hybridized carbons (Fsp3) is 0.167. The Bertz CT molecular complexity index is 1000. The molecule has 0 atom stereocenters. The number of anilines is 2. The van der Waals surface area contributed by atoms with E-state index in [9.17, 15) is 4.79 Å². The van der Waals surface area contributed by atoms with Crippen LogP contribution in [0, 0.1) is 0 Å². The number of rotatable bonds is 8. The zero-order valence-corrected chi connectivity index (χ0v) is 17.3. The summed E-state index contributed by atoms with van der Waals surface area (Å²) in [5, 5.41) is 7.36. The molecule has 0 fully saturated rings. The van der Waals surface area contributed by atoms with E-state index in [1.54, 1.807) is 31.5 Å². The second-order valence-corrected chi connectivity index (χ2v) is 6.84. The number of amides is 1. The van der Waals surface area contributed by atoms with Crippen LogP contribution in [-0.4, -0.2) is 25.3 Å². The highest BCUT2D eigenvalue weighted by Crippen LogP contribution is 2.29. The molecule has 3 rings (SSSR count). The van der Waals surface area contributed by atoms with E-state index < -0.39 is 0 Å². The molecule has 0 bridgehead atoms. The number of nitrogens with zero attached hydrogens (tertiary/aromatic N) is 1. The molecule has 6 nitrogen and oxygen atoms in total. The highest BCUT2D eigenvalue weighted by Gasteiger charge is 2.11. The van der Waals surface area contributed by atoms with Crippen molar-refractivity contribution in [3.8, 4) is 11.5 Å². The van der Waals surface area contributed by atoms with E-state index >= 15 is 0 Å². The van der Waals surface area contributed by atoms with Crippen molar-refractivity contribution in [1.82, 2.24) is 5.43 Å². The van der Waals surface area contributed by atoms with Crippen LogP contribution in [0.1, 0.15) is 29.8 Å². The summed E-state index contributed by atoms with van der Waals surface area (Å²) >= 11 is 0. The molecule has 0 aromatic heterocycles. The summed E-state index contributed by atoms with van der Waals surface area (Å²) in [5.74, 6) is 0.765. The first-order valence-corrected chi connectivity index (χ1v) is 9.65. The molecule has 0 heterocycles. The van der Waals surface area contributed by atoms with Crippen molar-refractivity contribution in [1.29, 1.82) is 0 Å². The van der Waals surface area contributed by atoms with Crippen molar-refractivity contribution in [3.05, 3.63) is 83.9 Å². The lowest BCUT2D eigenvalue weighted by molar-refractivity contribution is 0.0954. The third kappa shape index (κ3) is 5.85. The molecule has 0 radical (unpaired) electrons. The summed E-state index contributed by atoms with van der Waals surface area (Å²) < 4.78 is 11.0. The topological polar surface area (TPSA) is 72.0 Å². The maximum absolute atomic E-state index is 12.4. The molecule has 0 aliphatic rings. The van der Waals surface area contributed by atoms with Crippen LogP contribution < -0.4 is 20.2 Å². The Balaban J connectivity index is 1.59. The molecule has 1 amide bonds. The van der Waals surface area contributed by atoms with E-state index in [1.165, 1.54) is 0 Å². The smallest absolute Gasteiger partial charge is 0.271 e. The van der Waals surface area contributed by atoms with Gasteiger partial charge < -0.3 is 14.8 Å². The first-order valence-electron chi connectivity index (χ1n) is 9.65. The quantitative estimate of drug-likeness (QED) is 0.411. The van der Waals surface area contributed by atoms with Gasteiger partial charge in [0.05, 0.1) is 19.4 Å². The summed E-state index contributed by atoms with van der Waals surface area (Å²) in [6.07, 6.45) is 1.61. The van der Waals surface area contributed by atoms with Gasteiger partial charge >= 0.3 is 0 Å². The Kier molecular flexibility index (Phi) is 7.05. The van der Waals surface area contributed by atoms with Crippen molar-refractivity contribution in [2.24, 2.45) is 5.10 Å². The molecule has 3 aromatic carbocycles. The van der Waals surface area contributed by atoms with Gasteiger partial charge in [0.15, 0.2) is 11.5 Å². The van der Waals surface area contributed by atoms with Gasteiger partial charge in [-0.25, -0.2) is 5.43 Å². The predicted molar refractivity (Wildman–Crippen MR) is 120 cm³/mol. The van der Waals surface area contributed by atoms with Crippen molar-refractivity contribution in [3.63, 3.8) is 0 Å². The Hall–Kier alpha value is -3.80. The van der Waals surface area contributed by atoms with Crippen molar-refractivity contribution in [2.75, 3.05) is 12.4 Å². The van der Waals surface area contributed by atoms with Gasteiger partial charge in [0, 0.05) is 16.9 Å². The highest BCUT2D eigenvalue weighted by molar-refractivity contribution is 5.95. The van der Waals surface area contributed by atoms with Gasteiger partial charge in [-0.1, -0.05) is 30.3 Å². The second-order valence-electron chi connectivity index (χ2n) is 6.84. The van der Waals surface area contributed by atoms with E-state index in [-0.39, 0.29) is 12.0 Å². The Morgan fingerprint density at radius 3 is 2.30 bits per heavy atom. The molecule has 2 N–H and O–H groups in total. The van der Waals surface area contributed by atoms with Crippen molar-refractivity contribution in [2.45, 2.75) is 20.0 Å². The van der Waals surface area contributed by atoms with Gasteiger partial charge in [0.25, 0.3) is 5.91 Å². The van der Waals surface area contributed by atoms with Gasteiger partial charge in [-0.15, -0.1) is 0 Å². The van der Waals surface area contributed by atoms with Crippen molar-refractivity contribution >= 4 is 23.5 Å². The molecular weight excluding hydrogens is 378 g/mol. The fourth-order valence-electron chi connectivity index (χ4n) is 2.73. The second kappa shape index (κ2) is 10.1. The van der Waals surface area contributed by atoms with E-state index in [4.69, 9.17) is 9.47 Å². The normalized spacial score (nSPS) is 10.8. The minimum Gasteiger partial charge on any atom is -0.493 e. The Morgan fingerprint density at radius 2 is 1.63 bits per heavy atom. The number of hydrogen-bond donors (Lipinski definition) is 2. The van der Waals surface area contributed by atoms with Gasteiger partial charge in [-0.3, -0.25) is 4.79 Å². The zero-order valence-electron chi connectivity index (χ0n) is 17.3. The first kappa shape index (κ1) is 20.9. The van der Waals surface area contributed by atoms with E-state index in [0.717, 1.165) is 16.9 Å². The molecule has 0 aliphatic heterocycles. The number of methoxy groups -OCH3 is 1. The fourth-order valence-corrected chi connectivity index (χ4v) is 2.73. The number of ether oxygens (including phenoxy) is 2. The van der Waals surface area contributed by atoms with Crippen LogP contribution in [0.15, 0.2) is 77.9 Å². The third-order valence-electron chi connectivity index (χ3n) is 4.14. The number of nitrogens with one attached hydrogen (secondary N) is 2. The Labute approximate surface area is 176 Å². The summed E-state index contributed by atoms with van der Waals surface area (Å²) in [5.41, 5.74) is 5.82. The highest BCUT2D eigenvalue weighted by atomic mass is 16.5. The van der Waals surface area contributed by atoms with Gasteiger partial charge in [0.2, 0.25) is 0 Å². The van der Waals surface area contributed by atoms with Crippen LogP contribution in [0.2, 0.25) is 0 Å². The number of hydrazone groups is 1. The number of hydrogen-bond acceptors (Lipinski definition) is 5. The average Bonchev–Trinajstić information content (AvgIpc) is 2.75. The first-order chi connectivity index (χ1) is 14.5. The minimum absolute atomic E-state index is 0.0115. The van der Waals surface area contributed by atoms with Crippen LogP contribution in [-0.2, 0) is 0 Å². The molecule has 0 saturated carbocycles. The Morgan fingerprint density at radius 1 is 0.933 bits per heavy atom. The molecule has 6 heteroatoms. The minimum atomic E-state index is -0.331. The number of carbonyl (C=O) groups excluding carboxylic acids is 1. The number of benzene rings is 3. The molecule has 0 aliphatic carbocycles. The lowest BCUT2D eigenvalue weighted by Crippen LogP contribution is -2.18. The standard InChI is InChI=1S/C24H25N3O3/c1-17(2)30-22-14-11-19(15-23(22)29-3)24(28)27-25-16-18-9-12-21(13-10-18)26-20-7-5-4-6-8-20/h4-17,26H,1-3H3,(H,27,28)/b25-16-. The maximum atomic E-state index is 12.4. The summed E-state index contributed by atoms with van der Waals surface area (Å²) in [4.78, 5) is 12.4. The molecule has 0 spiro atoms. The van der Waals surface area contributed by atoms with Gasteiger partial charge in [-0.05, 0) is 61.9 Å². The monoisotopic (exact) mass is 403 g/mol. The van der Waals surface area contributed by atoms with Crippen LogP contribution in [0.5, 0.6) is 11.5 Å². The zero-order chi connectivity index (χ0) is 21.3. The molecule has 154 valence electrons. The molecule has 3 aromatic rings. The molecule has 0 saturated heterocycles. The maximum Gasteiger partial charge on any atom is 0.271 e. The summed E-state index contributed by atoms with van der Waals surface area (Å²) in [7, 11) is 1.54. The predicted octanol–water partition coefficient (Wildman–Crippen LogP) is 4.99. The van der Waals surface area contributed by atoms with E-state index in [0.29, 0.717) is 17.1 Å². The molecule has 30 heavy (non-hydrogen) atoms. The lowest BCUT2D eigenvalue weighted by atomic mass is 10.2. The van der Waals surface area contributed by atoms with E-state index in [2.05, 4.69) is 15.8 Å². The van der Waals surface area contributed by atoms with Crippen LogP contribution in [0.4, 0.5) is 11.4 Å². The van der Waals surface area contributed by atoms with Crippen LogP contribution in [0.25, 0.3) is 0 Å².